The number of fused-ring (bicyclic) bond motifs is 1. The minimum Gasteiger partial charge on any atom is -0.384 e. The Morgan fingerprint density at radius 3 is 2.72 bits per heavy atom. The Labute approximate surface area is 104 Å². The van der Waals surface area contributed by atoms with E-state index in [0.717, 1.165) is 27.8 Å². The second-order valence-electron chi connectivity index (χ2n) is 4.40. The Balaban J connectivity index is 2.22. The van der Waals surface area contributed by atoms with Crippen LogP contribution in [0.5, 0.6) is 0 Å². The molecule has 0 saturated carbocycles. The molecule has 0 aliphatic rings. The molecule has 0 amide bonds. The molecule has 3 aromatic rings. The SMILES string of the molecule is Cc1cc2c(C)noc2cc1-c1ccc(N)nc1. The molecule has 4 heteroatoms. The number of anilines is 1. The van der Waals surface area contributed by atoms with Gasteiger partial charge in [-0.25, -0.2) is 4.98 Å². The first kappa shape index (κ1) is 10.8. The summed E-state index contributed by atoms with van der Waals surface area (Å²) in [7, 11) is 0. The molecule has 3 rings (SSSR count). The van der Waals surface area contributed by atoms with E-state index in [9.17, 15) is 0 Å². The third kappa shape index (κ3) is 1.62. The fourth-order valence-electron chi connectivity index (χ4n) is 2.09. The number of rotatable bonds is 1. The fourth-order valence-corrected chi connectivity index (χ4v) is 2.09. The molecule has 2 heterocycles. The van der Waals surface area contributed by atoms with E-state index in [-0.39, 0.29) is 0 Å². The molecule has 0 bridgehead atoms. The van der Waals surface area contributed by atoms with E-state index in [4.69, 9.17) is 10.3 Å². The Bertz CT molecular complexity index is 714. The molecule has 0 aliphatic heterocycles. The van der Waals surface area contributed by atoms with E-state index in [1.165, 1.54) is 5.56 Å². The third-order valence-corrected chi connectivity index (χ3v) is 3.09. The Morgan fingerprint density at radius 2 is 2.00 bits per heavy atom. The van der Waals surface area contributed by atoms with Crippen LogP contribution in [0.2, 0.25) is 0 Å². The molecule has 4 nitrogen and oxygen atoms in total. The van der Waals surface area contributed by atoms with Crippen LogP contribution in [0.4, 0.5) is 5.82 Å². The van der Waals surface area contributed by atoms with Gasteiger partial charge >= 0.3 is 0 Å². The largest absolute Gasteiger partial charge is 0.384 e. The lowest BCUT2D eigenvalue weighted by Gasteiger charge is -2.05. The number of nitrogens with two attached hydrogens (primary N) is 1. The number of aryl methyl sites for hydroxylation is 2. The predicted molar refractivity (Wildman–Crippen MR) is 71.1 cm³/mol. The van der Waals surface area contributed by atoms with Crippen LogP contribution in [-0.4, -0.2) is 10.1 Å². The van der Waals surface area contributed by atoms with Gasteiger partial charge in [-0.3, -0.25) is 0 Å². The van der Waals surface area contributed by atoms with Crippen LogP contribution in [0.1, 0.15) is 11.3 Å². The van der Waals surface area contributed by atoms with E-state index < -0.39 is 0 Å². The quantitative estimate of drug-likeness (QED) is 0.708. The number of benzene rings is 1. The molecule has 0 aliphatic carbocycles. The normalized spacial score (nSPS) is 11.0. The van der Waals surface area contributed by atoms with Gasteiger partial charge in [0.25, 0.3) is 0 Å². The number of hydrogen-bond acceptors (Lipinski definition) is 4. The standard InChI is InChI=1S/C14H13N3O/c1-8-5-12-9(2)17-18-13(12)6-11(8)10-3-4-14(15)16-7-10/h3-7H,1-2H3,(H2,15,16). The highest BCUT2D eigenvalue weighted by atomic mass is 16.5. The van der Waals surface area contributed by atoms with Gasteiger partial charge in [-0.2, -0.15) is 0 Å². The lowest BCUT2D eigenvalue weighted by Crippen LogP contribution is -1.90. The first-order chi connectivity index (χ1) is 8.65. The minimum absolute atomic E-state index is 0.521. The van der Waals surface area contributed by atoms with Crippen LogP contribution in [0.25, 0.3) is 22.1 Å². The van der Waals surface area contributed by atoms with Crippen LogP contribution in [0, 0.1) is 13.8 Å². The van der Waals surface area contributed by atoms with Crippen molar-refractivity contribution in [3.05, 3.63) is 41.7 Å². The first-order valence-electron chi connectivity index (χ1n) is 5.73. The van der Waals surface area contributed by atoms with Gasteiger partial charge in [0.1, 0.15) is 5.82 Å². The summed E-state index contributed by atoms with van der Waals surface area (Å²) in [6.45, 7) is 4.01. The maximum Gasteiger partial charge on any atom is 0.167 e. The summed E-state index contributed by atoms with van der Waals surface area (Å²) in [5.41, 5.74) is 10.6. The van der Waals surface area contributed by atoms with Gasteiger partial charge in [0.05, 0.1) is 5.69 Å². The monoisotopic (exact) mass is 239 g/mol. The maximum atomic E-state index is 5.60. The van der Waals surface area contributed by atoms with Crippen molar-refractivity contribution in [1.82, 2.24) is 10.1 Å². The van der Waals surface area contributed by atoms with Crippen molar-refractivity contribution < 1.29 is 4.52 Å². The highest BCUT2D eigenvalue weighted by Crippen LogP contribution is 2.29. The van der Waals surface area contributed by atoms with Crippen LogP contribution >= 0.6 is 0 Å². The van der Waals surface area contributed by atoms with Crippen molar-refractivity contribution >= 4 is 16.8 Å². The number of nitrogens with zero attached hydrogens (tertiary/aromatic N) is 2. The zero-order valence-electron chi connectivity index (χ0n) is 10.3. The molecule has 18 heavy (non-hydrogen) atoms. The topological polar surface area (TPSA) is 64.9 Å². The smallest absolute Gasteiger partial charge is 0.167 e. The Kier molecular flexibility index (Phi) is 2.30. The third-order valence-electron chi connectivity index (χ3n) is 3.09. The molecule has 0 unspecified atom stereocenters. The average molecular weight is 239 g/mol. The van der Waals surface area contributed by atoms with E-state index in [1.54, 1.807) is 12.3 Å². The average Bonchev–Trinajstić information content (AvgIpc) is 2.71. The van der Waals surface area contributed by atoms with E-state index in [1.807, 2.05) is 19.1 Å². The molecule has 0 saturated heterocycles. The highest BCUT2D eigenvalue weighted by Gasteiger charge is 2.09. The fraction of sp³-hybridized carbons (Fsp3) is 0.143. The van der Waals surface area contributed by atoms with Gasteiger partial charge in [-0.05, 0) is 49.2 Å². The van der Waals surface area contributed by atoms with Crippen molar-refractivity contribution in [3.63, 3.8) is 0 Å². The molecule has 2 aromatic heterocycles. The Hall–Kier alpha value is -2.36. The second-order valence-corrected chi connectivity index (χ2v) is 4.40. The molecule has 2 N–H and O–H groups in total. The van der Waals surface area contributed by atoms with Crippen LogP contribution in [0.15, 0.2) is 35.0 Å². The zero-order chi connectivity index (χ0) is 12.7. The molecular weight excluding hydrogens is 226 g/mol. The molecule has 0 fully saturated rings. The van der Waals surface area contributed by atoms with Crippen LogP contribution in [0.3, 0.4) is 0 Å². The van der Waals surface area contributed by atoms with E-state index in [2.05, 4.69) is 23.1 Å². The second kappa shape index (κ2) is 3.84. The molecular formula is C14H13N3O. The number of nitrogen functional groups attached to an aromatic ring is 1. The van der Waals surface area contributed by atoms with E-state index >= 15 is 0 Å². The lowest BCUT2D eigenvalue weighted by atomic mass is 10.00. The van der Waals surface area contributed by atoms with E-state index in [0.29, 0.717) is 5.82 Å². The summed E-state index contributed by atoms with van der Waals surface area (Å²) in [6, 6.07) is 7.84. The van der Waals surface area contributed by atoms with Crippen molar-refractivity contribution in [2.45, 2.75) is 13.8 Å². The summed E-state index contributed by atoms with van der Waals surface area (Å²) in [5.74, 6) is 0.521. The molecule has 90 valence electrons. The Morgan fingerprint density at radius 1 is 1.17 bits per heavy atom. The summed E-state index contributed by atoms with van der Waals surface area (Å²) in [4.78, 5) is 4.11. The summed E-state index contributed by atoms with van der Waals surface area (Å²) < 4.78 is 5.29. The molecule has 0 atom stereocenters. The summed E-state index contributed by atoms with van der Waals surface area (Å²) in [5, 5.41) is 5.03. The molecule has 0 spiro atoms. The maximum absolute atomic E-state index is 5.60. The van der Waals surface area contributed by atoms with Gasteiger partial charge in [-0.15, -0.1) is 0 Å². The van der Waals surface area contributed by atoms with Gasteiger partial charge in [0, 0.05) is 17.1 Å². The molecule has 1 aromatic carbocycles. The van der Waals surface area contributed by atoms with Gasteiger partial charge in [0.15, 0.2) is 5.58 Å². The highest BCUT2D eigenvalue weighted by molar-refractivity contribution is 5.86. The van der Waals surface area contributed by atoms with Crippen molar-refractivity contribution in [2.24, 2.45) is 0 Å². The van der Waals surface area contributed by atoms with Crippen LogP contribution < -0.4 is 5.73 Å². The minimum atomic E-state index is 0.521. The van der Waals surface area contributed by atoms with Crippen molar-refractivity contribution in [3.8, 4) is 11.1 Å². The first-order valence-corrected chi connectivity index (χ1v) is 5.73. The van der Waals surface area contributed by atoms with Gasteiger partial charge < -0.3 is 10.3 Å². The molecule has 0 radical (unpaired) electrons. The summed E-state index contributed by atoms with van der Waals surface area (Å²) >= 11 is 0. The number of aromatic nitrogens is 2. The van der Waals surface area contributed by atoms with Crippen LogP contribution in [-0.2, 0) is 0 Å². The van der Waals surface area contributed by atoms with Gasteiger partial charge in [-0.1, -0.05) is 5.16 Å². The predicted octanol–water partition coefficient (Wildman–Crippen LogP) is 3.09. The number of hydrogen-bond donors (Lipinski definition) is 1. The van der Waals surface area contributed by atoms with Gasteiger partial charge in [0.2, 0.25) is 0 Å². The zero-order valence-corrected chi connectivity index (χ0v) is 10.3. The summed E-state index contributed by atoms with van der Waals surface area (Å²) in [6.07, 6.45) is 1.77. The van der Waals surface area contributed by atoms with Crippen molar-refractivity contribution in [2.75, 3.05) is 5.73 Å². The number of pyridine rings is 1. The lowest BCUT2D eigenvalue weighted by molar-refractivity contribution is 0.450. The van der Waals surface area contributed by atoms with Crippen molar-refractivity contribution in [1.29, 1.82) is 0 Å².